The van der Waals surface area contributed by atoms with E-state index in [0.717, 1.165) is 12.8 Å². The first-order valence-electron chi connectivity index (χ1n) is 6.71. The van der Waals surface area contributed by atoms with Crippen LogP contribution in [0.25, 0.3) is 0 Å². The third-order valence-corrected chi connectivity index (χ3v) is 3.38. The van der Waals surface area contributed by atoms with Gasteiger partial charge in [-0.05, 0) is 37.8 Å². The van der Waals surface area contributed by atoms with Gasteiger partial charge in [0.25, 0.3) is 5.91 Å². The van der Waals surface area contributed by atoms with Gasteiger partial charge in [0.2, 0.25) is 0 Å². The zero-order valence-corrected chi connectivity index (χ0v) is 11.7. The normalized spacial score (nSPS) is 15.3. The molecule has 1 N–H and O–H groups in total. The zero-order chi connectivity index (χ0) is 14.5. The largest absolute Gasteiger partial charge is 0.496 e. The summed E-state index contributed by atoms with van der Waals surface area (Å²) < 4.78 is 10.1. The van der Waals surface area contributed by atoms with Crippen LogP contribution in [0, 0.1) is 5.92 Å². The van der Waals surface area contributed by atoms with E-state index in [-0.39, 0.29) is 18.6 Å². The third-order valence-electron chi connectivity index (χ3n) is 3.38. The second-order valence-electron chi connectivity index (χ2n) is 4.97. The van der Waals surface area contributed by atoms with E-state index in [9.17, 15) is 9.59 Å². The van der Waals surface area contributed by atoms with Crippen LogP contribution in [-0.2, 0) is 9.53 Å². The van der Waals surface area contributed by atoms with Crippen molar-refractivity contribution < 1.29 is 19.1 Å². The molecule has 0 radical (unpaired) electrons. The van der Waals surface area contributed by atoms with Gasteiger partial charge >= 0.3 is 5.97 Å². The summed E-state index contributed by atoms with van der Waals surface area (Å²) in [5.41, 5.74) is 0.318. The zero-order valence-electron chi connectivity index (χ0n) is 11.7. The number of hydrogen-bond donors (Lipinski definition) is 1. The lowest BCUT2D eigenvalue weighted by Crippen LogP contribution is -2.37. The van der Waals surface area contributed by atoms with Crippen LogP contribution in [-0.4, -0.2) is 31.6 Å². The number of carbonyl (C=O) groups excluding carboxylic acids is 2. The van der Waals surface area contributed by atoms with Crippen LogP contribution in [0.15, 0.2) is 24.3 Å². The Labute approximate surface area is 118 Å². The van der Waals surface area contributed by atoms with E-state index >= 15 is 0 Å². The summed E-state index contributed by atoms with van der Waals surface area (Å²) in [6.07, 6.45) is 2.31. The average molecular weight is 277 g/mol. The summed E-state index contributed by atoms with van der Waals surface area (Å²) in [5.74, 6) is 0.178. The number of methoxy groups -OCH3 is 1. The number of ether oxygens (including phenoxy) is 2. The second kappa shape index (κ2) is 6.41. The van der Waals surface area contributed by atoms with Crippen LogP contribution in [0.4, 0.5) is 0 Å². The second-order valence-corrected chi connectivity index (χ2v) is 4.97. The van der Waals surface area contributed by atoms with Crippen LogP contribution in [0.5, 0.6) is 5.75 Å². The molecule has 1 amide bonds. The first kappa shape index (κ1) is 14.4. The fourth-order valence-electron chi connectivity index (χ4n) is 2.03. The number of hydrogen-bond acceptors (Lipinski definition) is 4. The summed E-state index contributed by atoms with van der Waals surface area (Å²) in [6, 6.07) is 6.90. The molecule has 1 aromatic carbocycles. The fraction of sp³-hybridized carbons (Fsp3) is 0.467. The van der Waals surface area contributed by atoms with Gasteiger partial charge in [-0.15, -0.1) is 0 Å². The van der Waals surface area contributed by atoms with Gasteiger partial charge in [0.15, 0.2) is 6.61 Å². The van der Waals surface area contributed by atoms with Crippen molar-refractivity contribution in [1.82, 2.24) is 5.32 Å². The number of benzene rings is 1. The molecule has 0 bridgehead atoms. The van der Waals surface area contributed by atoms with Crippen molar-refractivity contribution in [1.29, 1.82) is 0 Å². The van der Waals surface area contributed by atoms with Gasteiger partial charge in [0.05, 0.1) is 7.11 Å². The molecule has 0 aromatic heterocycles. The van der Waals surface area contributed by atoms with Crippen molar-refractivity contribution in [3.63, 3.8) is 0 Å². The Morgan fingerprint density at radius 1 is 1.35 bits per heavy atom. The van der Waals surface area contributed by atoms with Gasteiger partial charge in [-0.3, -0.25) is 4.79 Å². The maximum Gasteiger partial charge on any atom is 0.342 e. The van der Waals surface area contributed by atoms with Gasteiger partial charge in [0.1, 0.15) is 11.3 Å². The fourth-order valence-corrected chi connectivity index (χ4v) is 2.03. The van der Waals surface area contributed by atoms with Crippen LogP contribution in [0.1, 0.15) is 30.1 Å². The van der Waals surface area contributed by atoms with E-state index in [2.05, 4.69) is 5.32 Å². The van der Waals surface area contributed by atoms with Gasteiger partial charge in [-0.25, -0.2) is 4.79 Å². The number of nitrogens with one attached hydrogen (secondary N) is 1. The molecule has 1 saturated carbocycles. The van der Waals surface area contributed by atoms with E-state index in [4.69, 9.17) is 9.47 Å². The summed E-state index contributed by atoms with van der Waals surface area (Å²) in [6.45, 7) is 1.70. The molecule has 0 aliphatic heterocycles. The van der Waals surface area contributed by atoms with Gasteiger partial charge in [0, 0.05) is 6.04 Å². The smallest absolute Gasteiger partial charge is 0.342 e. The average Bonchev–Trinajstić information content (AvgIpc) is 3.29. The maximum absolute atomic E-state index is 11.9. The predicted octanol–water partition coefficient (Wildman–Crippen LogP) is 1.77. The van der Waals surface area contributed by atoms with E-state index in [1.807, 2.05) is 6.92 Å². The molecular weight excluding hydrogens is 258 g/mol. The molecule has 2 rings (SSSR count). The van der Waals surface area contributed by atoms with Gasteiger partial charge in [-0.2, -0.15) is 0 Å². The van der Waals surface area contributed by atoms with Crippen LogP contribution in [0.3, 0.4) is 0 Å². The first-order chi connectivity index (χ1) is 9.61. The quantitative estimate of drug-likeness (QED) is 0.805. The Morgan fingerprint density at radius 2 is 2.05 bits per heavy atom. The van der Waals surface area contributed by atoms with Gasteiger partial charge < -0.3 is 14.8 Å². The first-order valence-corrected chi connectivity index (χ1v) is 6.71. The van der Waals surface area contributed by atoms with Crippen molar-refractivity contribution in [2.45, 2.75) is 25.8 Å². The molecule has 1 aliphatic rings. The lowest BCUT2D eigenvalue weighted by Gasteiger charge is -2.13. The van der Waals surface area contributed by atoms with E-state index in [0.29, 0.717) is 17.2 Å². The van der Waals surface area contributed by atoms with Crippen molar-refractivity contribution in [3.8, 4) is 5.75 Å². The molecule has 1 atom stereocenters. The minimum atomic E-state index is -0.559. The van der Waals surface area contributed by atoms with Crippen molar-refractivity contribution in [3.05, 3.63) is 29.8 Å². The number of esters is 1. The molecule has 0 heterocycles. The minimum Gasteiger partial charge on any atom is -0.496 e. The van der Waals surface area contributed by atoms with Gasteiger partial charge in [-0.1, -0.05) is 12.1 Å². The number of para-hydroxylation sites is 1. The molecule has 1 aromatic rings. The Morgan fingerprint density at radius 3 is 2.70 bits per heavy atom. The summed E-state index contributed by atoms with van der Waals surface area (Å²) in [4.78, 5) is 23.5. The number of amides is 1. The SMILES string of the molecule is COc1ccccc1C(=O)OCC(=O)N[C@H](C)C1CC1. The number of rotatable bonds is 6. The monoisotopic (exact) mass is 277 g/mol. The highest BCUT2D eigenvalue weighted by Gasteiger charge is 2.29. The minimum absolute atomic E-state index is 0.146. The highest BCUT2D eigenvalue weighted by molar-refractivity contribution is 5.94. The predicted molar refractivity (Wildman–Crippen MR) is 73.6 cm³/mol. The Balaban J connectivity index is 1.83. The highest BCUT2D eigenvalue weighted by Crippen LogP contribution is 2.32. The van der Waals surface area contributed by atoms with Crippen molar-refractivity contribution in [2.75, 3.05) is 13.7 Å². The molecule has 5 heteroatoms. The standard InChI is InChI=1S/C15H19NO4/c1-10(11-7-8-11)16-14(17)9-20-15(18)12-5-3-4-6-13(12)19-2/h3-6,10-11H,7-9H2,1-2H3,(H,16,17)/t10-/m1/s1. The number of carbonyl (C=O) groups is 2. The topological polar surface area (TPSA) is 64.6 Å². The maximum atomic E-state index is 11.9. The van der Waals surface area contributed by atoms with E-state index < -0.39 is 5.97 Å². The lowest BCUT2D eigenvalue weighted by molar-refractivity contribution is -0.125. The molecule has 0 spiro atoms. The van der Waals surface area contributed by atoms with Crippen molar-refractivity contribution >= 4 is 11.9 Å². The molecular formula is C15H19NO4. The summed E-state index contributed by atoms with van der Waals surface area (Å²) in [5, 5.41) is 2.83. The van der Waals surface area contributed by atoms with Crippen LogP contribution in [0.2, 0.25) is 0 Å². The van der Waals surface area contributed by atoms with Crippen LogP contribution >= 0.6 is 0 Å². The summed E-state index contributed by atoms with van der Waals surface area (Å²) in [7, 11) is 1.48. The highest BCUT2D eigenvalue weighted by atomic mass is 16.5. The molecule has 5 nitrogen and oxygen atoms in total. The Bertz CT molecular complexity index is 496. The Kier molecular flexibility index (Phi) is 4.61. The lowest BCUT2D eigenvalue weighted by atomic mass is 10.2. The molecule has 1 fully saturated rings. The van der Waals surface area contributed by atoms with E-state index in [1.54, 1.807) is 24.3 Å². The molecule has 20 heavy (non-hydrogen) atoms. The van der Waals surface area contributed by atoms with Crippen LogP contribution < -0.4 is 10.1 Å². The molecule has 0 saturated heterocycles. The molecule has 1 aliphatic carbocycles. The Hall–Kier alpha value is -2.04. The molecule has 108 valence electrons. The van der Waals surface area contributed by atoms with Crippen molar-refractivity contribution in [2.24, 2.45) is 5.92 Å². The third kappa shape index (κ3) is 3.73. The molecule has 0 unspecified atom stereocenters. The summed E-state index contributed by atoms with van der Waals surface area (Å²) >= 11 is 0. The van der Waals surface area contributed by atoms with E-state index in [1.165, 1.54) is 7.11 Å².